The van der Waals surface area contributed by atoms with Crippen LogP contribution >= 0.6 is 0 Å². The zero-order chi connectivity index (χ0) is 14.8. The van der Waals surface area contributed by atoms with Crippen LogP contribution in [0.4, 0.5) is 8.78 Å². The van der Waals surface area contributed by atoms with Gasteiger partial charge in [0.15, 0.2) is 0 Å². The van der Waals surface area contributed by atoms with Crippen molar-refractivity contribution in [3.63, 3.8) is 0 Å². The summed E-state index contributed by atoms with van der Waals surface area (Å²) in [5.74, 6) is -0.0972. The third-order valence-corrected chi connectivity index (χ3v) is 3.69. The molecule has 1 heterocycles. The lowest BCUT2D eigenvalue weighted by atomic mass is 10.1. The van der Waals surface area contributed by atoms with Crippen molar-refractivity contribution in [2.45, 2.75) is 39.3 Å². The van der Waals surface area contributed by atoms with E-state index in [-0.39, 0.29) is 17.2 Å². The zero-order valence-corrected chi connectivity index (χ0v) is 12.5. The monoisotopic (exact) mass is 282 g/mol. The molecule has 2 rings (SSSR count). The second kappa shape index (κ2) is 6.19. The highest BCUT2D eigenvalue weighted by atomic mass is 19.1. The molecular weight excluding hydrogens is 258 g/mol. The van der Waals surface area contributed by atoms with Gasteiger partial charge in [0, 0.05) is 24.2 Å². The molecule has 0 amide bonds. The molecule has 1 N–H and O–H groups in total. The summed E-state index contributed by atoms with van der Waals surface area (Å²) in [5, 5.41) is 3.51. The Hall–Kier alpha value is -1.00. The van der Waals surface area contributed by atoms with Crippen molar-refractivity contribution in [1.29, 1.82) is 0 Å². The first-order valence-corrected chi connectivity index (χ1v) is 7.25. The highest BCUT2D eigenvalue weighted by molar-refractivity contribution is 5.18. The third kappa shape index (κ3) is 4.53. The first-order chi connectivity index (χ1) is 9.33. The van der Waals surface area contributed by atoms with Gasteiger partial charge < -0.3 is 5.32 Å². The summed E-state index contributed by atoms with van der Waals surface area (Å²) in [7, 11) is 0. The van der Waals surface area contributed by atoms with Crippen LogP contribution in [0.3, 0.4) is 0 Å². The second-order valence-corrected chi connectivity index (χ2v) is 6.76. The molecule has 0 spiro atoms. The zero-order valence-electron chi connectivity index (χ0n) is 12.5. The van der Waals surface area contributed by atoms with Crippen molar-refractivity contribution in [2.75, 3.05) is 19.6 Å². The molecule has 1 aliphatic rings. The van der Waals surface area contributed by atoms with Gasteiger partial charge in [0.1, 0.15) is 11.6 Å². The van der Waals surface area contributed by atoms with Crippen molar-refractivity contribution in [2.24, 2.45) is 5.92 Å². The van der Waals surface area contributed by atoms with Crippen LogP contribution in [0.5, 0.6) is 0 Å². The van der Waals surface area contributed by atoms with E-state index in [0.29, 0.717) is 18.0 Å². The van der Waals surface area contributed by atoms with Gasteiger partial charge in [-0.2, -0.15) is 0 Å². The molecule has 1 aliphatic heterocycles. The fourth-order valence-electron chi connectivity index (χ4n) is 2.58. The maximum atomic E-state index is 13.6. The summed E-state index contributed by atoms with van der Waals surface area (Å²) >= 11 is 0. The van der Waals surface area contributed by atoms with Gasteiger partial charge in [-0.15, -0.1) is 0 Å². The number of hydrogen-bond donors (Lipinski definition) is 1. The van der Waals surface area contributed by atoms with Crippen LogP contribution in [0.1, 0.15) is 32.8 Å². The lowest BCUT2D eigenvalue weighted by Crippen LogP contribution is -2.39. The molecule has 2 nitrogen and oxygen atoms in total. The number of likely N-dealkylation sites (tertiary alicyclic amines) is 1. The first-order valence-electron chi connectivity index (χ1n) is 7.25. The van der Waals surface area contributed by atoms with Gasteiger partial charge in [0.2, 0.25) is 0 Å². The average Bonchev–Trinajstić information content (AvgIpc) is 2.78. The van der Waals surface area contributed by atoms with Crippen molar-refractivity contribution < 1.29 is 8.78 Å². The van der Waals surface area contributed by atoms with Crippen molar-refractivity contribution >= 4 is 0 Å². The predicted octanol–water partition coefficient (Wildman–Crippen LogP) is 3.17. The van der Waals surface area contributed by atoms with E-state index in [2.05, 4.69) is 31.0 Å². The highest BCUT2D eigenvalue weighted by Gasteiger charge is 2.24. The maximum Gasteiger partial charge on any atom is 0.127 e. The van der Waals surface area contributed by atoms with E-state index in [1.165, 1.54) is 18.2 Å². The molecule has 112 valence electrons. The van der Waals surface area contributed by atoms with Crippen LogP contribution in [0.15, 0.2) is 18.2 Å². The molecule has 0 saturated carbocycles. The number of hydrogen-bond acceptors (Lipinski definition) is 2. The van der Waals surface area contributed by atoms with Gasteiger partial charge in [-0.1, -0.05) is 0 Å². The van der Waals surface area contributed by atoms with Crippen LogP contribution in [0.2, 0.25) is 0 Å². The summed E-state index contributed by atoms with van der Waals surface area (Å²) < 4.78 is 26.8. The largest absolute Gasteiger partial charge is 0.312 e. The summed E-state index contributed by atoms with van der Waals surface area (Å²) in [6.07, 6.45) is 1.11. The Morgan fingerprint density at radius 2 is 2.05 bits per heavy atom. The van der Waals surface area contributed by atoms with Gasteiger partial charge >= 0.3 is 0 Å². The van der Waals surface area contributed by atoms with Crippen LogP contribution < -0.4 is 5.32 Å². The van der Waals surface area contributed by atoms with E-state index in [4.69, 9.17) is 0 Å². The topological polar surface area (TPSA) is 15.3 Å². The lowest BCUT2D eigenvalue weighted by molar-refractivity contribution is 0.300. The Labute approximate surface area is 120 Å². The minimum Gasteiger partial charge on any atom is -0.312 e. The number of rotatable bonds is 4. The second-order valence-electron chi connectivity index (χ2n) is 6.76. The Balaban J connectivity index is 1.85. The normalized spacial score (nSPS) is 20.6. The van der Waals surface area contributed by atoms with E-state index >= 15 is 0 Å². The van der Waals surface area contributed by atoms with Gasteiger partial charge in [-0.25, -0.2) is 8.78 Å². The molecule has 0 aliphatic carbocycles. The summed E-state index contributed by atoms with van der Waals surface area (Å²) in [6.45, 7) is 9.83. The van der Waals surface area contributed by atoms with Gasteiger partial charge in [0.25, 0.3) is 0 Å². The molecule has 1 fully saturated rings. The summed E-state index contributed by atoms with van der Waals surface area (Å²) in [5.41, 5.74) is 0.580. The van der Waals surface area contributed by atoms with E-state index in [1.54, 1.807) is 0 Å². The Morgan fingerprint density at radius 1 is 1.30 bits per heavy atom. The SMILES string of the molecule is CC(C)(C)NCC1CCN(Cc2cc(F)ccc2F)C1. The van der Waals surface area contributed by atoms with E-state index < -0.39 is 0 Å². The maximum absolute atomic E-state index is 13.6. The summed E-state index contributed by atoms with van der Waals surface area (Å²) in [6, 6.07) is 3.67. The molecular formula is C16H24F2N2. The Kier molecular flexibility index (Phi) is 4.76. The van der Waals surface area contributed by atoms with Crippen molar-refractivity contribution in [3.05, 3.63) is 35.4 Å². The number of nitrogens with zero attached hydrogens (tertiary/aromatic N) is 1. The van der Waals surface area contributed by atoms with Crippen molar-refractivity contribution in [1.82, 2.24) is 10.2 Å². The van der Waals surface area contributed by atoms with E-state index in [1.807, 2.05) is 0 Å². The highest BCUT2D eigenvalue weighted by Crippen LogP contribution is 2.20. The molecule has 1 saturated heterocycles. The number of benzene rings is 1. The minimum absolute atomic E-state index is 0.127. The van der Waals surface area contributed by atoms with Crippen LogP contribution in [-0.2, 0) is 6.54 Å². The standard InChI is InChI=1S/C16H24F2N2/c1-16(2,3)19-9-12-6-7-20(10-12)11-13-8-14(17)4-5-15(13)18/h4-5,8,12,19H,6-7,9-11H2,1-3H3. The molecule has 4 heteroatoms. The molecule has 1 unspecified atom stereocenters. The van der Waals surface area contributed by atoms with Crippen LogP contribution in [0, 0.1) is 17.6 Å². The number of halogens is 2. The smallest absolute Gasteiger partial charge is 0.127 e. The van der Waals surface area contributed by atoms with E-state index in [9.17, 15) is 8.78 Å². The average molecular weight is 282 g/mol. The summed E-state index contributed by atoms with van der Waals surface area (Å²) in [4.78, 5) is 2.20. The molecule has 20 heavy (non-hydrogen) atoms. The molecule has 1 atom stereocenters. The van der Waals surface area contributed by atoms with E-state index in [0.717, 1.165) is 26.1 Å². The quantitative estimate of drug-likeness (QED) is 0.912. The minimum atomic E-state index is -0.369. The third-order valence-electron chi connectivity index (χ3n) is 3.69. The Morgan fingerprint density at radius 3 is 2.75 bits per heavy atom. The van der Waals surface area contributed by atoms with Gasteiger partial charge in [0.05, 0.1) is 0 Å². The Bertz CT molecular complexity index is 454. The lowest BCUT2D eigenvalue weighted by Gasteiger charge is -2.23. The molecule has 0 radical (unpaired) electrons. The van der Waals surface area contributed by atoms with Gasteiger partial charge in [-0.3, -0.25) is 4.90 Å². The fraction of sp³-hybridized carbons (Fsp3) is 0.625. The number of nitrogens with one attached hydrogen (secondary N) is 1. The molecule has 0 aromatic heterocycles. The van der Waals surface area contributed by atoms with Crippen LogP contribution in [0.25, 0.3) is 0 Å². The van der Waals surface area contributed by atoms with Gasteiger partial charge in [-0.05, 0) is 64.4 Å². The van der Waals surface area contributed by atoms with Crippen LogP contribution in [-0.4, -0.2) is 30.1 Å². The molecule has 0 bridgehead atoms. The molecule has 1 aromatic rings. The predicted molar refractivity (Wildman–Crippen MR) is 77.5 cm³/mol. The fourth-order valence-corrected chi connectivity index (χ4v) is 2.58. The first kappa shape index (κ1) is 15.4. The molecule has 1 aromatic carbocycles. The van der Waals surface area contributed by atoms with Crippen molar-refractivity contribution in [3.8, 4) is 0 Å².